The van der Waals surface area contributed by atoms with Gasteiger partial charge in [0.1, 0.15) is 12.1 Å². The van der Waals surface area contributed by atoms with Gasteiger partial charge in [-0.2, -0.15) is 12.6 Å². The van der Waals surface area contributed by atoms with Crippen LogP contribution in [0.4, 0.5) is 0 Å². The van der Waals surface area contributed by atoms with Crippen LogP contribution in [0, 0.1) is 0 Å². The third kappa shape index (κ3) is 6.73. The van der Waals surface area contributed by atoms with Crippen LogP contribution in [0.2, 0.25) is 0 Å². The number of hydrogen-bond donors (Lipinski definition) is 6. The minimum absolute atomic E-state index is 0.130. The molecule has 138 valence electrons. The number of nitrogens with two attached hydrogens (primary N) is 1. The van der Waals surface area contributed by atoms with Gasteiger partial charge in [-0.3, -0.25) is 9.59 Å². The highest BCUT2D eigenvalue weighted by Crippen LogP contribution is 2.03. The number of carbonyl (C=O) groups excluding carboxylic acids is 2. The van der Waals surface area contributed by atoms with Crippen LogP contribution in [0.25, 0.3) is 0 Å². The summed E-state index contributed by atoms with van der Waals surface area (Å²) in [5.74, 6) is -2.84. The summed E-state index contributed by atoms with van der Waals surface area (Å²) in [7, 11) is 0. The average Bonchev–Trinajstić information content (AvgIpc) is 2.57. The molecule has 0 aliphatic heterocycles. The molecule has 0 radical (unpaired) electrons. The Morgan fingerprint density at radius 1 is 1.16 bits per heavy atom. The number of aliphatic hydroxyl groups excluding tert-OH is 1. The summed E-state index contributed by atoms with van der Waals surface area (Å²) in [6.45, 7) is 1.31. The molecule has 0 aliphatic rings. The lowest BCUT2D eigenvalue weighted by Gasteiger charge is -2.24. The molecule has 0 bridgehead atoms. The van der Waals surface area contributed by atoms with E-state index in [0.717, 1.165) is 5.56 Å². The van der Waals surface area contributed by atoms with E-state index in [-0.39, 0.29) is 12.2 Å². The van der Waals surface area contributed by atoms with Crippen molar-refractivity contribution in [1.29, 1.82) is 0 Å². The second-order valence-corrected chi connectivity index (χ2v) is 5.97. The monoisotopic (exact) mass is 369 g/mol. The van der Waals surface area contributed by atoms with Gasteiger partial charge in [-0.05, 0) is 18.9 Å². The molecule has 1 rings (SSSR count). The molecule has 1 aromatic carbocycles. The predicted octanol–water partition coefficient (Wildman–Crippen LogP) is -1.08. The van der Waals surface area contributed by atoms with Crippen molar-refractivity contribution in [3.63, 3.8) is 0 Å². The van der Waals surface area contributed by atoms with E-state index >= 15 is 0 Å². The predicted molar refractivity (Wildman–Crippen MR) is 95.2 cm³/mol. The molecular weight excluding hydrogens is 346 g/mol. The van der Waals surface area contributed by atoms with Crippen LogP contribution in [-0.4, -0.2) is 58.0 Å². The van der Waals surface area contributed by atoms with E-state index in [4.69, 9.17) is 10.8 Å². The molecule has 0 aliphatic carbocycles. The van der Waals surface area contributed by atoms with Crippen molar-refractivity contribution in [1.82, 2.24) is 10.6 Å². The van der Waals surface area contributed by atoms with Crippen molar-refractivity contribution in [3.8, 4) is 0 Å². The lowest BCUT2D eigenvalue weighted by atomic mass is 10.0. The quantitative estimate of drug-likeness (QED) is 0.306. The molecule has 4 atom stereocenters. The first-order chi connectivity index (χ1) is 11.8. The van der Waals surface area contributed by atoms with Gasteiger partial charge in [-0.1, -0.05) is 30.3 Å². The van der Waals surface area contributed by atoms with Gasteiger partial charge >= 0.3 is 5.97 Å². The number of nitrogens with one attached hydrogen (secondary N) is 2. The van der Waals surface area contributed by atoms with Crippen LogP contribution < -0.4 is 16.4 Å². The van der Waals surface area contributed by atoms with Gasteiger partial charge in [-0.15, -0.1) is 0 Å². The molecule has 2 amide bonds. The Balaban J connectivity index is 2.71. The summed E-state index contributed by atoms with van der Waals surface area (Å²) < 4.78 is 0. The van der Waals surface area contributed by atoms with Crippen LogP contribution in [0.15, 0.2) is 30.3 Å². The van der Waals surface area contributed by atoms with Crippen LogP contribution in [0.1, 0.15) is 12.5 Å². The topological polar surface area (TPSA) is 142 Å². The van der Waals surface area contributed by atoms with Crippen LogP contribution >= 0.6 is 12.6 Å². The van der Waals surface area contributed by atoms with Crippen molar-refractivity contribution in [2.75, 3.05) is 5.75 Å². The summed E-state index contributed by atoms with van der Waals surface area (Å²) in [6.07, 6.45) is -0.975. The number of rotatable bonds is 9. The Morgan fingerprint density at radius 3 is 2.24 bits per heavy atom. The molecule has 9 heteroatoms. The SMILES string of the molecule is C[C@@H](O)[C@H](NC(=O)[C@@H](N)Cc1ccccc1)C(=O)N[C@@H](CS)C(=O)O. The average molecular weight is 369 g/mol. The Kier molecular flexibility index (Phi) is 8.39. The van der Waals surface area contributed by atoms with Gasteiger partial charge < -0.3 is 26.6 Å². The Bertz CT molecular complexity index is 597. The summed E-state index contributed by atoms with van der Waals surface area (Å²) >= 11 is 3.84. The van der Waals surface area contributed by atoms with Crippen LogP contribution in [0.3, 0.4) is 0 Å². The molecule has 0 saturated heterocycles. The number of amides is 2. The zero-order valence-corrected chi connectivity index (χ0v) is 14.6. The Labute approximate surface area is 151 Å². The summed E-state index contributed by atoms with van der Waals surface area (Å²) in [5, 5.41) is 23.3. The van der Waals surface area contributed by atoms with Crippen molar-refractivity contribution >= 4 is 30.4 Å². The number of thiol groups is 1. The maximum atomic E-state index is 12.2. The standard InChI is InChI=1S/C16H23N3O5S/c1-9(20)13(15(22)18-12(8-25)16(23)24)19-14(21)11(17)7-10-5-3-2-4-6-10/h2-6,9,11-13,20,25H,7-8,17H2,1H3,(H,18,22)(H,19,21)(H,23,24)/t9-,11+,12+,13+/m1/s1. The summed E-state index contributed by atoms with van der Waals surface area (Å²) in [4.78, 5) is 35.3. The highest BCUT2D eigenvalue weighted by molar-refractivity contribution is 7.80. The first-order valence-corrected chi connectivity index (χ1v) is 8.31. The van der Waals surface area contributed by atoms with Gasteiger partial charge in [0, 0.05) is 5.75 Å². The number of hydrogen-bond acceptors (Lipinski definition) is 6. The van der Waals surface area contributed by atoms with E-state index in [1.54, 1.807) is 0 Å². The largest absolute Gasteiger partial charge is 0.480 e. The van der Waals surface area contributed by atoms with E-state index in [1.165, 1.54) is 6.92 Å². The zero-order chi connectivity index (χ0) is 19.0. The van der Waals surface area contributed by atoms with Crippen molar-refractivity contribution in [2.24, 2.45) is 5.73 Å². The molecule has 0 aromatic heterocycles. The molecule has 1 aromatic rings. The summed E-state index contributed by atoms with van der Waals surface area (Å²) in [5.41, 5.74) is 6.69. The third-order valence-electron chi connectivity index (χ3n) is 3.50. The second-order valence-electron chi connectivity index (χ2n) is 5.61. The maximum Gasteiger partial charge on any atom is 0.327 e. The molecule has 6 N–H and O–H groups in total. The molecule has 8 nitrogen and oxygen atoms in total. The number of carbonyl (C=O) groups is 3. The fourth-order valence-electron chi connectivity index (χ4n) is 2.07. The number of aliphatic hydroxyl groups is 1. The lowest BCUT2D eigenvalue weighted by Crippen LogP contribution is -2.58. The van der Waals surface area contributed by atoms with Crippen molar-refractivity contribution in [3.05, 3.63) is 35.9 Å². The third-order valence-corrected chi connectivity index (χ3v) is 3.86. The number of carboxylic acid groups (broad SMARTS) is 1. The Hall–Kier alpha value is -2.10. The van der Waals surface area contributed by atoms with Crippen LogP contribution in [-0.2, 0) is 20.8 Å². The molecular formula is C16H23N3O5S. The molecule has 0 heterocycles. The number of aliphatic carboxylic acids is 1. The highest BCUT2D eigenvalue weighted by atomic mass is 32.1. The molecule has 0 spiro atoms. The van der Waals surface area contributed by atoms with Crippen molar-refractivity contribution < 1.29 is 24.6 Å². The number of carboxylic acids is 1. The van der Waals surface area contributed by atoms with Crippen molar-refractivity contribution in [2.45, 2.75) is 37.6 Å². The van der Waals surface area contributed by atoms with E-state index < -0.39 is 42.0 Å². The second kappa shape index (κ2) is 10.0. The van der Waals surface area contributed by atoms with E-state index in [1.807, 2.05) is 30.3 Å². The highest BCUT2D eigenvalue weighted by Gasteiger charge is 2.30. The fourth-order valence-corrected chi connectivity index (χ4v) is 2.32. The normalized spacial score (nSPS) is 15.5. The van der Waals surface area contributed by atoms with Gasteiger partial charge in [-0.25, -0.2) is 4.79 Å². The van der Waals surface area contributed by atoms with E-state index in [2.05, 4.69) is 23.3 Å². The molecule has 0 saturated carbocycles. The van der Waals surface area contributed by atoms with Gasteiger partial charge in [0.15, 0.2) is 0 Å². The van der Waals surface area contributed by atoms with Crippen LogP contribution in [0.5, 0.6) is 0 Å². The summed E-state index contributed by atoms with van der Waals surface area (Å²) in [6, 6.07) is 5.63. The Morgan fingerprint density at radius 2 is 1.76 bits per heavy atom. The molecule has 0 fully saturated rings. The molecule has 0 unspecified atom stereocenters. The minimum Gasteiger partial charge on any atom is -0.480 e. The van der Waals surface area contributed by atoms with Gasteiger partial charge in [0.25, 0.3) is 0 Å². The smallest absolute Gasteiger partial charge is 0.327 e. The fraction of sp³-hybridized carbons (Fsp3) is 0.438. The van der Waals surface area contributed by atoms with Gasteiger partial charge in [0.2, 0.25) is 11.8 Å². The maximum absolute atomic E-state index is 12.2. The molecule has 25 heavy (non-hydrogen) atoms. The zero-order valence-electron chi connectivity index (χ0n) is 13.8. The number of benzene rings is 1. The first kappa shape index (κ1) is 20.9. The first-order valence-electron chi connectivity index (χ1n) is 7.68. The van der Waals surface area contributed by atoms with E-state index in [9.17, 15) is 19.5 Å². The van der Waals surface area contributed by atoms with E-state index in [0.29, 0.717) is 0 Å². The minimum atomic E-state index is -1.32. The lowest BCUT2D eigenvalue weighted by molar-refractivity contribution is -0.142. The van der Waals surface area contributed by atoms with Gasteiger partial charge in [0.05, 0.1) is 12.1 Å².